The molecule has 1 aliphatic heterocycles. The molecular formula is C17H24N4O4S. The Kier molecular flexibility index (Phi) is 4.85. The third-order valence-corrected chi connectivity index (χ3v) is 6.95. The van der Waals surface area contributed by atoms with Crippen LogP contribution >= 0.6 is 0 Å². The largest absolute Gasteiger partial charge is 0.451 e. The molecule has 0 bridgehead atoms. The molecule has 1 saturated carbocycles. The van der Waals surface area contributed by atoms with Crippen molar-refractivity contribution in [1.29, 1.82) is 0 Å². The molecule has 1 saturated heterocycles. The van der Waals surface area contributed by atoms with Crippen molar-refractivity contribution < 1.29 is 17.3 Å². The number of aromatic nitrogens is 2. The molecule has 0 amide bonds. The third kappa shape index (κ3) is 3.30. The second-order valence-electron chi connectivity index (χ2n) is 6.97. The Hall–Kier alpha value is -1.71. The molecule has 2 aromatic heterocycles. The van der Waals surface area contributed by atoms with E-state index in [2.05, 4.69) is 22.0 Å². The maximum atomic E-state index is 12.8. The van der Waals surface area contributed by atoms with Crippen LogP contribution in [0.3, 0.4) is 0 Å². The predicted octanol–water partition coefficient (Wildman–Crippen LogP) is 2.31. The van der Waals surface area contributed by atoms with Gasteiger partial charge in [-0.25, -0.2) is 8.42 Å². The Bertz CT molecular complexity index is 848. The minimum Gasteiger partial charge on any atom is -0.451 e. The lowest BCUT2D eigenvalue weighted by Gasteiger charge is -2.33. The Balaban J connectivity index is 1.47. The minimum atomic E-state index is -3.64. The summed E-state index contributed by atoms with van der Waals surface area (Å²) in [4.78, 5) is 2.28. The predicted molar refractivity (Wildman–Crippen MR) is 94.1 cm³/mol. The van der Waals surface area contributed by atoms with Gasteiger partial charge in [-0.15, -0.1) is 10.2 Å². The molecule has 2 fully saturated rings. The van der Waals surface area contributed by atoms with Gasteiger partial charge in [0.05, 0.1) is 5.56 Å². The second-order valence-corrected chi connectivity index (χ2v) is 8.84. The van der Waals surface area contributed by atoms with Gasteiger partial charge in [0.25, 0.3) is 15.9 Å². The zero-order chi connectivity index (χ0) is 18.1. The summed E-state index contributed by atoms with van der Waals surface area (Å²) in [7, 11) is -3.64. The van der Waals surface area contributed by atoms with Gasteiger partial charge in [-0.2, -0.15) is 4.31 Å². The van der Waals surface area contributed by atoms with Crippen LogP contribution in [0.2, 0.25) is 0 Å². The molecule has 26 heavy (non-hydrogen) atoms. The van der Waals surface area contributed by atoms with Crippen LogP contribution in [0.15, 0.2) is 26.3 Å². The van der Waals surface area contributed by atoms with Gasteiger partial charge in [0.15, 0.2) is 0 Å². The van der Waals surface area contributed by atoms with Gasteiger partial charge >= 0.3 is 0 Å². The molecular weight excluding hydrogens is 356 g/mol. The normalized spacial score (nSPS) is 20.3. The minimum absolute atomic E-state index is 0.0696. The molecule has 0 radical (unpaired) electrons. The second kappa shape index (κ2) is 7.13. The van der Waals surface area contributed by atoms with Crippen molar-refractivity contribution in [2.24, 2.45) is 0 Å². The van der Waals surface area contributed by atoms with Crippen molar-refractivity contribution >= 4 is 10.0 Å². The van der Waals surface area contributed by atoms with Crippen LogP contribution in [0.25, 0.3) is 11.5 Å². The van der Waals surface area contributed by atoms with Crippen LogP contribution in [0.4, 0.5) is 0 Å². The summed E-state index contributed by atoms with van der Waals surface area (Å²) in [5.74, 6) is 1.28. The monoisotopic (exact) mass is 380 g/mol. The fraction of sp³-hybridized carbons (Fsp3) is 0.647. The van der Waals surface area contributed by atoms with Gasteiger partial charge < -0.3 is 13.7 Å². The summed E-state index contributed by atoms with van der Waals surface area (Å²) in [5, 5.41) is 8.04. The maximum Gasteiger partial charge on any atom is 0.276 e. The summed E-state index contributed by atoms with van der Waals surface area (Å²) in [6.45, 7) is 5.57. The van der Waals surface area contributed by atoms with E-state index in [0.717, 1.165) is 38.9 Å². The van der Waals surface area contributed by atoms with Gasteiger partial charge in [0.2, 0.25) is 11.0 Å². The van der Waals surface area contributed by atoms with Crippen molar-refractivity contribution in [2.45, 2.75) is 43.6 Å². The van der Waals surface area contributed by atoms with Crippen LogP contribution in [0, 0.1) is 0 Å². The number of hydrogen-bond donors (Lipinski definition) is 0. The molecule has 2 aromatic rings. The number of furan rings is 1. The number of nitrogens with zero attached hydrogens (tertiary/aromatic N) is 4. The van der Waals surface area contributed by atoms with Crippen molar-refractivity contribution in [2.75, 3.05) is 32.7 Å². The molecule has 0 unspecified atom stereocenters. The standard InChI is InChI=1S/C17H24N4O4S/c1-2-6-20-7-9-21(10-8-20)26(22,23)15-11-14(12-24-15)17-19-18-16(25-17)13-4-3-5-13/h11-13H,2-10H2,1H3. The maximum absolute atomic E-state index is 12.8. The lowest BCUT2D eigenvalue weighted by Crippen LogP contribution is -2.48. The van der Waals surface area contributed by atoms with Gasteiger partial charge in [-0.1, -0.05) is 13.3 Å². The highest BCUT2D eigenvalue weighted by Gasteiger charge is 2.32. The van der Waals surface area contributed by atoms with Gasteiger partial charge in [-0.3, -0.25) is 0 Å². The Morgan fingerprint density at radius 3 is 2.62 bits per heavy atom. The number of rotatable bonds is 6. The fourth-order valence-electron chi connectivity index (χ4n) is 3.37. The fourth-order valence-corrected chi connectivity index (χ4v) is 4.72. The van der Waals surface area contributed by atoms with Crippen LogP contribution < -0.4 is 0 Å². The van der Waals surface area contributed by atoms with E-state index >= 15 is 0 Å². The van der Waals surface area contributed by atoms with Crippen molar-refractivity contribution in [3.8, 4) is 11.5 Å². The number of sulfonamides is 1. The van der Waals surface area contributed by atoms with E-state index in [1.807, 2.05) is 0 Å². The number of piperazine rings is 1. The van der Waals surface area contributed by atoms with Crippen LogP contribution in [0.1, 0.15) is 44.4 Å². The van der Waals surface area contributed by atoms with Gasteiger partial charge in [0.1, 0.15) is 6.26 Å². The summed E-state index contributed by atoms with van der Waals surface area (Å²) < 4.78 is 38.1. The van der Waals surface area contributed by atoms with E-state index < -0.39 is 10.0 Å². The first-order valence-corrected chi connectivity index (χ1v) is 10.7. The van der Waals surface area contributed by atoms with Crippen molar-refractivity contribution in [3.63, 3.8) is 0 Å². The molecule has 8 nitrogen and oxygen atoms in total. The topological polar surface area (TPSA) is 92.7 Å². The molecule has 4 rings (SSSR count). The summed E-state index contributed by atoms with van der Waals surface area (Å²) in [6.07, 6.45) is 5.76. The molecule has 2 aliphatic rings. The van der Waals surface area contributed by atoms with Crippen molar-refractivity contribution in [1.82, 2.24) is 19.4 Å². The Labute approximate surface area is 153 Å². The summed E-state index contributed by atoms with van der Waals surface area (Å²) in [6, 6.07) is 1.48. The lowest BCUT2D eigenvalue weighted by atomic mass is 9.85. The summed E-state index contributed by atoms with van der Waals surface area (Å²) in [5.41, 5.74) is 0.506. The molecule has 9 heteroatoms. The molecule has 0 spiro atoms. The highest BCUT2D eigenvalue weighted by Crippen LogP contribution is 2.36. The Morgan fingerprint density at radius 1 is 1.19 bits per heavy atom. The first kappa shape index (κ1) is 17.7. The molecule has 0 aromatic carbocycles. The van der Waals surface area contributed by atoms with E-state index in [4.69, 9.17) is 8.83 Å². The number of hydrogen-bond acceptors (Lipinski definition) is 7. The van der Waals surface area contributed by atoms with Gasteiger partial charge in [-0.05, 0) is 25.8 Å². The lowest BCUT2D eigenvalue weighted by molar-refractivity contribution is 0.187. The zero-order valence-corrected chi connectivity index (χ0v) is 15.7. The molecule has 0 atom stereocenters. The van der Waals surface area contributed by atoms with E-state index in [1.165, 1.54) is 23.1 Å². The third-order valence-electron chi connectivity index (χ3n) is 5.18. The van der Waals surface area contributed by atoms with E-state index in [9.17, 15) is 8.42 Å². The quantitative estimate of drug-likeness (QED) is 0.759. The van der Waals surface area contributed by atoms with Crippen LogP contribution in [-0.2, 0) is 10.0 Å². The molecule has 0 N–H and O–H groups in total. The zero-order valence-electron chi connectivity index (χ0n) is 14.9. The van der Waals surface area contributed by atoms with E-state index in [0.29, 0.717) is 36.4 Å². The first-order chi connectivity index (χ1) is 12.6. The average Bonchev–Trinajstić information content (AvgIpc) is 3.23. The highest BCUT2D eigenvalue weighted by molar-refractivity contribution is 7.89. The summed E-state index contributed by atoms with van der Waals surface area (Å²) >= 11 is 0. The SMILES string of the molecule is CCCN1CCN(S(=O)(=O)c2cc(-c3nnc(C4CCC4)o3)co2)CC1. The molecule has 142 valence electrons. The average molecular weight is 380 g/mol. The molecule has 3 heterocycles. The molecule has 1 aliphatic carbocycles. The van der Waals surface area contributed by atoms with Crippen LogP contribution in [-0.4, -0.2) is 60.5 Å². The van der Waals surface area contributed by atoms with Crippen molar-refractivity contribution in [3.05, 3.63) is 18.2 Å². The van der Waals surface area contributed by atoms with Crippen LogP contribution in [0.5, 0.6) is 0 Å². The first-order valence-electron chi connectivity index (χ1n) is 9.22. The van der Waals surface area contributed by atoms with Gasteiger partial charge in [0, 0.05) is 38.2 Å². The van der Waals surface area contributed by atoms with E-state index in [1.54, 1.807) is 0 Å². The van der Waals surface area contributed by atoms with E-state index in [-0.39, 0.29) is 5.09 Å². The highest BCUT2D eigenvalue weighted by atomic mass is 32.2. The Morgan fingerprint density at radius 2 is 1.96 bits per heavy atom. The smallest absolute Gasteiger partial charge is 0.276 e.